The Balaban J connectivity index is 1.66. The SMILES string of the molecule is CN(C)[C@H]1C(O)=C(C(N)=O)C(=O)[C@]2(O)C(O)=C3C(=O)c4c(O)ccc(C#CC5=CCCCC5)c4C[C@@H]3C[C@H]12. The van der Waals surface area contributed by atoms with Crippen molar-refractivity contribution in [1.82, 2.24) is 4.90 Å². The van der Waals surface area contributed by atoms with Crippen molar-refractivity contribution < 1.29 is 34.8 Å². The molecule has 0 saturated heterocycles. The fourth-order valence-corrected chi connectivity index (χ4v) is 6.47. The fraction of sp³-hybridized carbons (Fsp3) is 0.414. The second-order valence-electron chi connectivity index (χ2n) is 10.7. The molecule has 0 unspecified atom stereocenters. The number of likely N-dealkylation sites (N-methyl/N-ethyl adjacent to an activating group) is 1. The number of aliphatic hydroxyl groups excluding tert-OH is 2. The minimum Gasteiger partial charge on any atom is -0.510 e. The second-order valence-corrected chi connectivity index (χ2v) is 10.7. The Bertz CT molecular complexity index is 1440. The number of aromatic hydroxyl groups is 1. The van der Waals surface area contributed by atoms with Gasteiger partial charge in [-0.15, -0.1) is 0 Å². The van der Waals surface area contributed by atoms with Crippen LogP contribution >= 0.6 is 0 Å². The number of nitrogens with zero attached hydrogens (tertiary/aromatic N) is 1. The molecule has 0 saturated carbocycles. The Kier molecular flexibility index (Phi) is 6.21. The Morgan fingerprint density at radius 1 is 1.13 bits per heavy atom. The molecule has 6 N–H and O–H groups in total. The third kappa shape index (κ3) is 3.67. The summed E-state index contributed by atoms with van der Waals surface area (Å²) in [6.45, 7) is 0. The van der Waals surface area contributed by atoms with E-state index in [1.165, 1.54) is 11.0 Å². The van der Waals surface area contributed by atoms with Gasteiger partial charge in [0, 0.05) is 17.1 Å². The molecule has 0 aliphatic heterocycles. The van der Waals surface area contributed by atoms with Crippen molar-refractivity contribution in [3.8, 4) is 17.6 Å². The number of hydrogen-bond acceptors (Lipinski definition) is 8. The zero-order valence-corrected chi connectivity index (χ0v) is 21.2. The number of primary amides is 1. The van der Waals surface area contributed by atoms with E-state index in [0.717, 1.165) is 31.3 Å². The molecule has 0 heterocycles. The quantitative estimate of drug-likeness (QED) is 0.293. The molecule has 9 nitrogen and oxygen atoms in total. The summed E-state index contributed by atoms with van der Waals surface area (Å²) in [6.07, 6.45) is 6.42. The lowest BCUT2D eigenvalue weighted by atomic mass is 9.58. The van der Waals surface area contributed by atoms with Crippen molar-refractivity contribution in [2.75, 3.05) is 14.1 Å². The number of aliphatic hydroxyl groups is 3. The van der Waals surface area contributed by atoms with Crippen molar-refractivity contribution >= 4 is 17.5 Å². The summed E-state index contributed by atoms with van der Waals surface area (Å²) in [7, 11) is 3.19. The molecular weight excluding hydrogens is 488 g/mol. The second kappa shape index (κ2) is 9.15. The summed E-state index contributed by atoms with van der Waals surface area (Å²) in [5.74, 6) is -0.333. The zero-order chi connectivity index (χ0) is 27.5. The van der Waals surface area contributed by atoms with Crippen molar-refractivity contribution in [3.63, 3.8) is 0 Å². The first-order chi connectivity index (χ1) is 18.0. The third-order valence-electron chi connectivity index (χ3n) is 8.25. The van der Waals surface area contributed by atoms with Crippen LogP contribution < -0.4 is 5.73 Å². The smallest absolute Gasteiger partial charge is 0.255 e. The van der Waals surface area contributed by atoms with Crippen molar-refractivity contribution in [3.05, 3.63) is 63.1 Å². The zero-order valence-electron chi connectivity index (χ0n) is 21.2. The molecule has 1 aromatic rings. The predicted octanol–water partition coefficient (Wildman–Crippen LogP) is 1.97. The number of nitrogens with two attached hydrogens (primary N) is 1. The van der Waals surface area contributed by atoms with E-state index in [4.69, 9.17) is 5.73 Å². The minimum absolute atomic E-state index is 0.0322. The van der Waals surface area contributed by atoms with Crippen LogP contribution in [0.1, 0.15) is 53.6 Å². The van der Waals surface area contributed by atoms with E-state index in [1.54, 1.807) is 20.2 Å². The van der Waals surface area contributed by atoms with Crippen LogP contribution in [-0.2, 0) is 16.0 Å². The van der Waals surface area contributed by atoms with E-state index in [0.29, 0.717) is 11.1 Å². The Morgan fingerprint density at radius 2 is 1.87 bits per heavy atom. The highest BCUT2D eigenvalue weighted by Crippen LogP contribution is 2.52. The largest absolute Gasteiger partial charge is 0.510 e. The third-order valence-corrected chi connectivity index (χ3v) is 8.25. The van der Waals surface area contributed by atoms with Gasteiger partial charge in [0.1, 0.15) is 22.8 Å². The molecule has 4 aliphatic carbocycles. The number of rotatable bonds is 2. The molecule has 5 rings (SSSR count). The molecule has 0 spiro atoms. The molecule has 9 heteroatoms. The summed E-state index contributed by atoms with van der Waals surface area (Å²) in [6, 6.07) is 2.00. The molecule has 0 aromatic heterocycles. The fourth-order valence-electron chi connectivity index (χ4n) is 6.47. The molecular formula is C29H30N2O7. The van der Waals surface area contributed by atoms with Gasteiger partial charge in [0.05, 0.1) is 11.6 Å². The number of phenols is 1. The van der Waals surface area contributed by atoms with Crippen LogP contribution in [0.2, 0.25) is 0 Å². The number of amides is 1. The molecule has 38 heavy (non-hydrogen) atoms. The lowest BCUT2D eigenvalue weighted by Gasteiger charge is -2.50. The first-order valence-electron chi connectivity index (χ1n) is 12.7. The molecule has 1 amide bonds. The van der Waals surface area contributed by atoms with Gasteiger partial charge in [0.15, 0.2) is 11.4 Å². The molecule has 4 aliphatic rings. The van der Waals surface area contributed by atoms with Gasteiger partial charge in [-0.05, 0) is 81.8 Å². The summed E-state index contributed by atoms with van der Waals surface area (Å²) < 4.78 is 0. The van der Waals surface area contributed by atoms with Gasteiger partial charge in [-0.1, -0.05) is 17.9 Å². The highest BCUT2D eigenvalue weighted by atomic mass is 16.3. The molecule has 0 fully saturated rings. The van der Waals surface area contributed by atoms with Crippen molar-refractivity contribution in [2.24, 2.45) is 17.6 Å². The first-order valence-corrected chi connectivity index (χ1v) is 12.7. The summed E-state index contributed by atoms with van der Waals surface area (Å²) in [5.41, 5.74) is 3.82. The summed E-state index contributed by atoms with van der Waals surface area (Å²) in [5, 5.41) is 44.5. The van der Waals surface area contributed by atoms with Crippen LogP contribution in [0.15, 0.2) is 46.4 Å². The lowest BCUT2D eigenvalue weighted by molar-refractivity contribution is -0.148. The minimum atomic E-state index is -2.65. The number of phenolic OH excluding ortho intramolecular Hbond substituents is 1. The van der Waals surface area contributed by atoms with Gasteiger partial charge in [0.2, 0.25) is 5.78 Å². The van der Waals surface area contributed by atoms with Gasteiger partial charge >= 0.3 is 0 Å². The topological polar surface area (TPSA) is 161 Å². The monoisotopic (exact) mass is 518 g/mol. The number of allylic oxidation sites excluding steroid dienone is 3. The van der Waals surface area contributed by atoms with Crippen LogP contribution in [-0.4, -0.2) is 68.5 Å². The number of Topliss-reactive ketones (excluding diaryl/α,β-unsaturated/α-hetero) is 2. The van der Waals surface area contributed by atoms with Gasteiger partial charge < -0.3 is 26.2 Å². The molecule has 1 aromatic carbocycles. The maximum atomic E-state index is 13.7. The lowest BCUT2D eigenvalue weighted by Crippen LogP contribution is -2.63. The number of fused-ring (bicyclic) bond motifs is 3. The first kappa shape index (κ1) is 25.8. The number of carbonyl (C=O) groups is 3. The number of ketones is 2. The van der Waals surface area contributed by atoms with Crippen LogP contribution in [0, 0.1) is 23.7 Å². The van der Waals surface area contributed by atoms with E-state index in [9.17, 15) is 34.8 Å². The average Bonchev–Trinajstić information content (AvgIpc) is 2.86. The highest BCUT2D eigenvalue weighted by Gasteiger charge is 2.63. The van der Waals surface area contributed by atoms with E-state index < -0.39 is 58.0 Å². The van der Waals surface area contributed by atoms with E-state index in [2.05, 4.69) is 17.9 Å². The van der Waals surface area contributed by atoms with Gasteiger partial charge in [-0.3, -0.25) is 19.3 Å². The highest BCUT2D eigenvalue weighted by molar-refractivity contribution is 6.24. The molecule has 4 atom stereocenters. The van der Waals surface area contributed by atoms with Crippen LogP contribution in [0.5, 0.6) is 5.75 Å². The Hall–Kier alpha value is -3.87. The maximum absolute atomic E-state index is 13.7. The number of carbonyl (C=O) groups excluding carboxylic acids is 3. The van der Waals surface area contributed by atoms with Gasteiger partial charge in [0.25, 0.3) is 5.91 Å². The Labute approximate surface area is 219 Å². The van der Waals surface area contributed by atoms with E-state index in [-0.39, 0.29) is 29.7 Å². The standard InChI is InChI=1S/C29H30N2O7/c1-31(2)23-18-13-16-12-17-15(9-8-14-6-4-3-5-7-14)10-11-19(32)21(17)24(33)20(16)26(35)29(18,38)27(36)22(25(23)34)28(30)37/h6,10-11,16,18,23,32,34-35,38H,3-5,7,12-13H2,1-2H3,(H2,30,37)/t16-,18-,23-,29-/m1/s1. The van der Waals surface area contributed by atoms with E-state index >= 15 is 0 Å². The molecule has 0 radical (unpaired) electrons. The summed E-state index contributed by atoms with van der Waals surface area (Å²) in [4.78, 5) is 40.7. The average molecular weight is 519 g/mol. The number of hydrogen-bond donors (Lipinski definition) is 5. The Morgan fingerprint density at radius 3 is 2.50 bits per heavy atom. The summed E-state index contributed by atoms with van der Waals surface area (Å²) >= 11 is 0. The van der Waals surface area contributed by atoms with Crippen molar-refractivity contribution in [2.45, 2.75) is 50.2 Å². The van der Waals surface area contributed by atoms with Crippen LogP contribution in [0.4, 0.5) is 0 Å². The number of benzene rings is 1. The normalized spacial score (nSPS) is 28.7. The molecule has 0 bridgehead atoms. The van der Waals surface area contributed by atoms with Gasteiger partial charge in [-0.25, -0.2) is 0 Å². The van der Waals surface area contributed by atoms with Gasteiger partial charge in [-0.2, -0.15) is 0 Å². The van der Waals surface area contributed by atoms with Crippen LogP contribution in [0.3, 0.4) is 0 Å². The van der Waals surface area contributed by atoms with E-state index in [1.807, 2.05) is 0 Å². The van der Waals surface area contributed by atoms with Crippen LogP contribution in [0.25, 0.3) is 0 Å². The van der Waals surface area contributed by atoms with Crippen molar-refractivity contribution in [1.29, 1.82) is 0 Å². The maximum Gasteiger partial charge on any atom is 0.255 e. The predicted molar refractivity (Wildman–Crippen MR) is 137 cm³/mol. The molecule has 198 valence electrons.